The van der Waals surface area contributed by atoms with Gasteiger partial charge in [0.25, 0.3) is 0 Å². The third-order valence-corrected chi connectivity index (χ3v) is 4.13. The molecule has 0 bridgehead atoms. The van der Waals surface area contributed by atoms with E-state index in [1.807, 2.05) is 35.2 Å². The predicted molar refractivity (Wildman–Crippen MR) is 87.2 cm³/mol. The average molecular weight is 320 g/mol. The van der Waals surface area contributed by atoms with Gasteiger partial charge in [-0.05, 0) is 30.6 Å². The molecule has 1 aromatic rings. The highest BCUT2D eigenvalue weighted by atomic mass is 32.1. The molecule has 2 rings (SSSR count). The highest BCUT2D eigenvalue weighted by Gasteiger charge is 2.27. The molecule has 1 fully saturated rings. The van der Waals surface area contributed by atoms with Crippen LogP contribution < -0.4 is 5.32 Å². The van der Waals surface area contributed by atoms with Gasteiger partial charge in [-0.3, -0.25) is 9.59 Å². The maximum Gasteiger partial charge on any atom is 0.308 e. The first-order chi connectivity index (χ1) is 10.6. The van der Waals surface area contributed by atoms with Gasteiger partial charge in [0.1, 0.15) is 0 Å². The van der Waals surface area contributed by atoms with Crippen LogP contribution in [0.4, 0.5) is 0 Å². The molecule has 22 heavy (non-hydrogen) atoms. The summed E-state index contributed by atoms with van der Waals surface area (Å²) in [6.45, 7) is 1.31. The molecule has 0 aliphatic carbocycles. The lowest BCUT2D eigenvalue weighted by atomic mass is 9.97. The van der Waals surface area contributed by atoms with Crippen molar-refractivity contribution in [3.63, 3.8) is 0 Å². The predicted octanol–water partition coefficient (Wildman–Crippen LogP) is 1.52. The number of methoxy groups -OCH3 is 1. The van der Waals surface area contributed by atoms with Crippen molar-refractivity contribution in [2.45, 2.75) is 19.3 Å². The van der Waals surface area contributed by atoms with E-state index in [9.17, 15) is 9.59 Å². The molecule has 5 nitrogen and oxygen atoms in total. The molecule has 1 aromatic carbocycles. The summed E-state index contributed by atoms with van der Waals surface area (Å²) >= 11 is 5.28. The first kappa shape index (κ1) is 16.4. The summed E-state index contributed by atoms with van der Waals surface area (Å²) in [4.78, 5) is 25.4. The average Bonchev–Trinajstić information content (AvgIpc) is 2.55. The Balaban J connectivity index is 1.78. The summed E-state index contributed by atoms with van der Waals surface area (Å²) in [5, 5.41) is 3.19. The van der Waals surface area contributed by atoms with E-state index in [1.165, 1.54) is 7.11 Å². The van der Waals surface area contributed by atoms with E-state index < -0.39 is 0 Å². The van der Waals surface area contributed by atoms with E-state index in [-0.39, 0.29) is 17.8 Å². The lowest BCUT2D eigenvalue weighted by Gasteiger charge is -2.32. The number of thiocarbonyl (C=S) groups is 1. The summed E-state index contributed by atoms with van der Waals surface area (Å²) in [7, 11) is 1.41. The molecular formula is C16H20N2O3S. The third kappa shape index (κ3) is 4.53. The van der Waals surface area contributed by atoms with E-state index in [0.29, 0.717) is 37.5 Å². The molecule has 6 heteroatoms. The van der Waals surface area contributed by atoms with Gasteiger partial charge in [-0.25, -0.2) is 0 Å². The van der Waals surface area contributed by atoms with E-state index in [0.717, 1.165) is 5.56 Å². The van der Waals surface area contributed by atoms with Crippen molar-refractivity contribution in [1.29, 1.82) is 0 Å². The minimum atomic E-state index is -0.168. The van der Waals surface area contributed by atoms with Crippen LogP contribution in [0.25, 0.3) is 0 Å². The molecule has 1 aliphatic heterocycles. The molecule has 0 spiro atoms. The Labute approximate surface area is 135 Å². The monoisotopic (exact) mass is 320 g/mol. The topological polar surface area (TPSA) is 58.6 Å². The highest BCUT2D eigenvalue weighted by molar-refractivity contribution is 7.80. The van der Waals surface area contributed by atoms with Crippen LogP contribution in [0.1, 0.15) is 18.4 Å². The minimum Gasteiger partial charge on any atom is -0.469 e. The van der Waals surface area contributed by atoms with Crippen molar-refractivity contribution >= 4 is 29.2 Å². The van der Waals surface area contributed by atoms with Crippen LogP contribution in [0.2, 0.25) is 0 Å². The molecule has 0 aromatic heterocycles. The van der Waals surface area contributed by atoms with E-state index in [2.05, 4.69) is 5.32 Å². The highest BCUT2D eigenvalue weighted by Crippen LogP contribution is 2.18. The standard InChI is InChI=1S/C16H20N2O3S/c1-21-15(20)13-7-9-18(10-8-13)16(22)17-14(19)11-12-5-3-2-4-6-12/h2-6,13H,7-11H2,1H3,(H,17,19,22). The second-order valence-electron chi connectivity index (χ2n) is 5.30. The first-order valence-corrected chi connectivity index (χ1v) is 7.71. The van der Waals surface area contributed by atoms with Crippen LogP contribution in [0.3, 0.4) is 0 Å². The van der Waals surface area contributed by atoms with Gasteiger partial charge < -0.3 is 15.0 Å². The quantitative estimate of drug-likeness (QED) is 0.676. The molecule has 0 atom stereocenters. The Morgan fingerprint density at radius 1 is 1.27 bits per heavy atom. The zero-order chi connectivity index (χ0) is 15.9. The molecule has 1 heterocycles. The Hall–Kier alpha value is -1.95. The summed E-state index contributed by atoms with van der Waals surface area (Å²) in [5.74, 6) is -0.353. The van der Waals surface area contributed by atoms with Gasteiger partial charge in [0.15, 0.2) is 5.11 Å². The smallest absolute Gasteiger partial charge is 0.308 e. The number of amides is 1. The summed E-state index contributed by atoms with van der Waals surface area (Å²) in [6, 6.07) is 9.53. The van der Waals surface area contributed by atoms with Crippen molar-refractivity contribution in [3.05, 3.63) is 35.9 Å². The van der Waals surface area contributed by atoms with Gasteiger partial charge in [-0.1, -0.05) is 30.3 Å². The zero-order valence-corrected chi connectivity index (χ0v) is 13.4. The summed E-state index contributed by atoms with van der Waals surface area (Å²) < 4.78 is 4.76. The molecule has 1 amide bonds. The SMILES string of the molecule is COC(=O)C1CCN(C(=S)NC(=O)Cc2ccccc2)CC1. The van der Waals surface area contributed by atoms with Crippen molar-refractivity contribution in [2.24, 2.45) is 5.92 Å². The van der Waals surface area contributed by atoms with Gasteiger partial charge in [0, 0.05) is 13.1 Å². The Morgan fingerprint density at radius 3 is 2.50 bits per heavy atom. The van der Waals surface area contributed by atoms with E-state index >= 15 is 0 Å². The van der Waals surface area contributed by atoms with Crippen LogP contribution in [-0.2, 0) is 20.7 Å². The number of likely N-dealkylation sites (tertiary alicyclic amines) is 1. The second-order valence-corrected chi connectivity index (χ2v) is 5.69. The maximum absolute atomic E-state index is 12.0. The van der Waals surface area contributed by atoms with Crippen molar-refractivity contribution < 1.29 is 14.3 Å². The Morgan fingerprint density at radius 2 is 1.91 bits per heavy atom. The third-order valence-electron chi connectivity index (χ3n) is 3.77. The minimum absolute atomic E-state index is 0.0657. The summed E-state index contributed by atoms with van der Waals surface area (Å²) in [6.07, 6.45) is 1.70. The molecule has 0 radical (unpaired) electrons. The van der Waals surface area contributed by atoms with Crippen molar-refractivity contribution in [3.8, 4) is 0 Å². The van der Waals surface area contributed by atoms with Gasteiger partial charge in [-0.15, -0.1) is 0 Å². The number of benzene rings is 1. The lowest BCUT2D eigenvalue weighted by molar-refractivity contribution is -0.146. The lowest BCUT2D eigenvalue weighted by Crippen LogP contribution is -2.47. The van der Waals surface area contributed by atoms with Crippen LogP contribution in [-0.4, -0.2) is 42.1 Å². The molecular weight excluding hydrogens is 300 g/mol. The molecule has 0 unspecified atom stereocenters. The zero-order valence-electron chi connectivity index (χ0n) is 12.6. The van der Waals surface area contributed by atoms with Crippen molar-refractivity contribution in [2.75, 3.05) is 20.2 Å². The number of ether oxygens (including phenoxy) is 1. The Kier molecular flexibility index (Phi) is 5.89. The number of rotatable bonds is 3. The fourth-order valence-corrected chi connectivity index (χ4v) is 2.81. The van der Waals surface area contributed by atoms with Gasteiger partial charge >= 0.3 is 5.97 Å². The summed E-state index contributed by atoms with van der Waals surface area (Å²) in [5.41, 5.74) is 0.951. The van der Waals surface area contributed by atoms with Crippen LogP contribution in [0.5, 0.6) is 0 Å². The molecule has 1 N–H and O–H groups in total. The van der Waals surface area contributed by atoms with E-state index in [4.69, 9.17) is 17.0 Å². The molecule has 1 saturated heterocycles. The number of nitrogens with one attached hydrogen (secondary N) is 1. The maximum atomic E-state index is 12.0. The van der Waals surface area contributed by atoms with Crippen LogP contribution >= 0.6 is 12.2 Å². The first-order valence-electron chi connectivity index (χ1n) is 7.30. The number of esters is 1. The molecule has 118 valence electrons. The van der Waals surface area contributed by atoms with Crippen LogP contribution in [0, 0.1) is 5.92 Å². The molecule has 0 saturated carbocycles. The van der Waals surface area contributed by atoms with Crippen molar-refractivity contribution in [1.82, 2.24) is 10.2 Å². The Bertz CT molecular complexity index is 540. The number of carbonyl (C=O) groups is 2. The largest absolute Gasteiger partial charge is 0.469 e. The normalized spacial score (nSPS) is 15.2. The van der Waals surface area contributed by atoms with Gasteiger partial charge in [-0.2, -0.15) is 0 Å². The fraction of sp³-hybridized carbons (Fsp3) is 0.438. The number of nitrogens with zero attached hydrogens (tertiary/aromatic N) is 1. The van der Waals surface area contributed by atoms with Gasteiger partial charge in [0.05, 0.1) is 19.4 Å². The molecule has 1 aliphatic rings. The van der Waals surface area contributed by atoms with Gasteiger partial charge in [0.2, 0.25) is 5.91 Å². The second kappa shape index (κ2) is 7.89. The number of hydrogen-bond donors (Lipinski definition) is 1. The van der Waals surface area contributed by atoms with E-state index in [1.54, 1.807) is 0 Å². The van der Waals surface area contributed by atoms with Crippen LogP contribution in [0.15, 0.2) is 30.3 Å². The number of hydrogen-bond acceptors (Lipinski definition) is 4. The fourth-order valence-electron chi connectivity index (χ4n) is 2.51. The number of carbonyl (C=O) groups excluding carboxylic acids is 2. The number of piperidine rings is 1.